The zero-order valence-electron chi connectivity index (χ0n) is 12.5. The van der Waals surface area contributed by atoms with E-state index in [1.54, 1.807) is 18.6 Å². The van der Waals surface area contributed by atoms with E-state index in [1.165, 1.54) is 0 Å². The van der Waals surface area contributed by atoms with E-state index in [4.69, 9.17) is 0 Å². The normalized spacial score (nSPS) is 14.9. The van der Waals surface area contributed by atoms with Crippen LogP contribution in [-0.2, 0) is 36.6 Å². The van der Waals surface area contributed by atoms with Crippen molar-refractivity contribution in [2.24, 2.45) is 7.05 Å². The Morgan fingerprint density at radius 2 is 2.18 bits per heavy atom. The van der Waals surface area contributed by atoms with Crippen LogP contribution in [0.15, 0.2) is 18.6 Å². The minimum atomic E-state index is -3.22. The number of aryl methyl sites for hydroxylation is 1. The molecule has 0 aromatic carbocycles. The van der Waals surface area contributed by atoms with Crippen molar-refractivity contribution in [2.75, 3.05) is 17.7 Å². The van der Waals surface area contributed by atoms with Gasteiger partial charge in [0.05, 0.1) is 36.9 Å². The summed E-state index contributed by atoms with van der Waals surface area (Å²) < 4.78 is 26.8. The maximum Gasteiger partial charge on any atom is 0.209 e. The fourth-order valence-corrected chi connectivity index (χ4v) is 3.05. The number of sulfonamides is 1. The number of rotatable bonds is 4. The monoisotopic (exact) mass is 322 g/mol. The lowest BCUT2D eigenvalue weighted by molar-refractivity contribution is 0.585. The van der Waals surface area contributed by atoms with Gasteiger partial charge < -0.3 is 4.90 Å². The Morgan fingerprint density at radius 3 is 2.86 bits per heavy atom. The molecule has 118 valence electrons. The van der Waals surface area contributed by atoms with Crippen LogP contribution in [-0.4, -0.2) is 41.0 Å². The molecular formula is C13H18N6O2S. The molecule has 3 rings (SSSR count). The Balaban J connectivity index is 1.82. The molecule has 8 nitrogen and oxygen atoms in total. The average molecular weight is 322 g/mol. The number of nitrogens with zero attached hydrogens (tertiary/aromatic N) is 5. The lowest BCUT2D eigenvalue weighted by Gasteiger charge is -2.28. The van der Waals surface area contributed by atoms with Gasteiger partial charge in [-0.25, -0.2) is 18.1 Å². The summed E-state index contributed by atoms with van der Waals surface area (Å²) in [6.45, 7) is 1.73. The van der Waals surface area contributed by atoms with Crippen LogP contribution in [0.4, 0.5) is 5.82 Å². The number of hydrogen-bond acceptors (Lipinski definition) is 6. The van der Waals surface area contributed by atoms with Gasteiger partial charge in [-0.1, -0.05) is 0 Å². The van der Waals surface area contributed by atoms with Crippen molar-refractivity contribution in [1.82, 2.24) is 24.5 Å². The summed E-state index contributed by atoms with van der Waals surface area (Å²) in [6, 6.07) is 0. The van der Waals surface area contributed by atoms with E-state index in [0.717, 1.165) is 42.0 Å². The summed E-state index contributed by atoms with van der Waals surface area (Å²) in [5.74, 6) is 0.838. The smallest absolute Gasteiger partial charge is 0.209 e. The van der Waals surface area contributed by atoms with Crippen LogP contribution in [0.1, 0.15) is 17.0 Å². The molecule has 3 heterocycles. The molecule has 1 aliphatic rings. The summed E-state index contributed by atoms with van der Waals surface area (Å²) in [7, 11) is -1.34. The minimum Gasteiger partial charge on any atom is -0.349 e. The Bertz CT molecular complexity index is 771. The van der Waals surface area contributed by atoms with Crippen molar-refractivity contribution in [3.05, 3.63) is 35.5 Å². The number of aromatic nitrogens is 4. The summed E-state index contributed by atoms with van der Waals surface area (Å²) in [6.07, 6.45) is 7.03. The Hall–Kier alpha value is -2.00. The first-order valence-corrected chi connectivity index (χ1v) is 8.82. The summed E-state index contributed by atoms with van der Waals surface area (Å²) in [5.41, 5.74) is 3.00. The van der Waals surface area contributed by atoms with Gasteiger partial charge in [-0.3, -0.25) is 9.67 Å². The van der Waals surface area contributed by atoms with Gasteiger partial charge in [-0.2, -0.15) is 5.10 Å². The quantitative estimate of drug-likeness (QED) is 0.839. The average Bonchev–Trinajstić information content (AvgIpc) is 2.81. The fourth-order valence-electron chi connectivity index (χ4n) is 2.65. The van der Waals surface area contributed by atoms with Crippen molar-refractivity contribution in [2.45, 2.75) is 19.5 Å². The number of nitrogens with one attached hydrogen (secondary N) is 1. The van der Waals surface area contributed by atoms with Gasteiger partial charge in [-0.05, 0) is 6.42 Å². The van der Waals surface area contributed by atoms with Crippen LogP contribution in [0.3, 0.4) is 0 Å². The number of anilines is 1. The predicted molar refractivity (Wildman–Crippen MR) is 81.7 cm³/mol. The lowest BCUT2D eigenvalue weighted by Crippen LogP contribution is -2.32. The van der Waals surface area contributed by atoms with Crippen LogP contribution >= 0.6 is 0 Å². The first kappa shape index (κ1) is 14.9. The van der Waals surface area contributed by atoms with Crippen molar-refractivity contribution in [3.8, 4) is 0 Å². The maximum absolute atomic E-state index is 11.2. The first-order valence-electron chi connectivity index (χ1n) is 6.93. The van der Waals surface area contributed by atoms with Gasteiger partial charge in [-0.15, -0.1) is 0 Å². The van der Waals surface area contributed by atoms with Crippen LogP contribution in [0, 0.1) is 0 Å². The van der Waals surface area contributed by atoms with E-state index < -0.39 is 10.0 Å². The minimum absolute atomic E-state index is 0.229. The highest BCUT2D eigenvalue weighted by molar-refractivity contribution is 7.88. The molecule has 0 amide bonds. The van der Waals surface area contributed by atoms with E-state index >= 15 is 0 Å². The summed E-state index contributed by atoms with van der Waals surface area (Å²) >= 11 is 0. The fraction of sp³-hybridized carbons (Fsp3) is 0.462. The van der Waals surface area contributed by atoms with Crippen LogP contribution in [0.5, 0.6) is 0 Å². The summed E-state index contributed by atoms with van der Waals surface area (Å²) in [4.78, 5) is 10.6. The maximum atomic E-state index is 11.2. The highest BCUT2D eigenvalue weighted by Gasteiger charge is 2.24. The molecule has 0 fully saturated rings. The van der Waals surface area contributed by atoms with Crippen molar-refractivity contribution in [1.29, 1.82) is 0 Å². The van der Waals surface area contributed by atoms with E-state index in [2.05, 4.69) is 24.7 Å². The van der Waals surface area contributed by atoms with E-state index in [-0.39, 0.29) is 6.54 Å². The molecule has 9 heteroatoms. The topological polar surface area (TPSA) is 93.0 Å². The predicted octanol–water partition coefficient (Wildman–Crippen LogP) is -0.178. The van der Waals surface area contributed by atoms with Crippen molar-refractivity contribution >= 4 is 15.8 Å². The molecule has 0 saturated carbocycles. The molecule has 1 N–H and O–H groups in total. The molecule has 1 aliphatic heterocycles. The molecule has 2 aromatic rings. The second-order valence-corrected chi connectivity index (χ2v) is 7.16. The van der Waals surface area contributed by atoms with Gasteiger partial charge in [0.15, 0.2) is 0 Å². The van der Waals surface area contributed by atoms with Crippen molar-refractivity contribution < 1.29 is 8.42 Å². The zero-order chi connectivity index (χ0) is 15.7. The molecule has 22 heavy (non-hydrogen) atoms. The molecule has 0 unspecified atom stereocenters. The third-order valence-electron chi connectivity index (χ3n) is 3.71. The lowest BCUT2D eigenvalue weighted by atomic mass is 10.0. The van der Waals surface area contributed by atoms with E-state index in [9.17, 15) is 8.42 Å². The Kier molecular flexibility index (Phi) is 3.83. The third-order valence-corrected chi connectivity index (χ3v) is 4.37. The Morgan fingerprint density at radius 1 is 1.36 bits per heavy atom. The third kappa shape index (κ3) is 3.09. The van der Waals surface area contributed by atoms with Gasteiger partial charge in [0.25, 0.3) is 0 Å². The standard InChI is InChI=1S/C13H18N6O2S/c1-18-12-9-19(13-8-14-4-5-15-13)6-3-10(12)11(17-18)7-16-22(2,20)21/h4-5,8,16H,3,6-7,9H2,1-2H3. The molecule has 0 spiro atoms. The largest absolute Gasteiger partial charge is 0.349 e. The molecule has 0 atom stereocenters. The van der Waals surface area contributed by atoms with Gasteiger partial charge in [0, 0.05) is 31.5 Å². The summed E-state index contributed by atoms with van der Waals surface area (Å²) in [5, 5.41) is 4.45. The highest BCUT2D eigenvalue weighted by atomic mass is 32.2. The molecule has 0 aliphatic carbocycles. The van der Waals surface area contributed by atoms with Gasteiger partial charge >= 0.3 is 0 Å². The first-order chi connectivity index (χ1) is 10.4. The van der Waals surface area contributed by atoms with E-state index in [1.807, 2.05) is 11.7 Å². The molecule has 0 bridgehead atoms. The molecule has 0 saturated heterocycles. The molecule has 2 aromatic heterocycles. The van der Waals surface area contributed by atoms with Gasteiger partial charge in [0.2, 0.25) is 10.0 Å². The van der Waals surface area contributed by atoms with Crippen molar-refractivity contribution in [3.63, 3.8) is 0 Å². The Labute approximate surface area is 129 Å². The van der Waals surface area contributed by atoms with Crippen LogP contribution in [0.25, 0.3) is 0 Å². The molecule has 0 radical (unpaired) electrons. The van der Waals surface area contributed by atoms with Gasteiger partial charge in [0.1, 0.15) is 5.82 Å². The van der Waals surface area contributed by atoms with Crippen LogP contribution < -0.4 is 9.62 Å². The second-order valence-electron chi connectivity index (χ2n) is 5.32. The highest BCUT2D eigenvalue weighted by Crippen LogP contribution is 2.24. The number of fused-ring (bicyclic) bond motifs is 1. The number of hydrogen-bond donors (Lipinski definition) is 1. The van der Waals surface area contributed by atoms with E-state index in [0.29, 0.717) is 6.54 Å². The second kappa shape index (κ2) is 5.65. The SMILES string of the molecule is Cn1nc(CNS(C)(=O)=O)c2c1CN(c1cnccn1)CC2. The molecular weight excluding hydrogens is 304 g/mol. The van der Waals surface area contributed by atoms with Crippen LogP contribution in [0.2, 0.25) is 0 Å². The zero-order valence-corrected chi connectivity index (χ0v) is 13.3.